The number of carbonyl (C=O) groups excluding carboxylic acids is 3. The van der Waals surface area contributed by atoms with Gasteiger partial charge in [0.15, 0.2) is 0 Å². The normalized spacial score (nSPS) is 22.7. The number of rotatable bonds is 4. The largest absolute Gasteiger partial charge is 0.480 e. The number of thioether (sulfide) groups is 1. The van der Waals surface area contributed by atoms with E-state index in [0.29, 0.717) is 25.1 Å². The Morgan fingerprint density at radius 3 is 2.84 bits per heavy atom. The average Bonchev–Trinajstić information content (AvgIpc) is 3.19. The van der Waals surface area contributed by atoms with Crippen molar-refractivity contribution in [1.82, 2.24) is 9.80 Å². The van der Waals surface area contributed by atoms with Gasteiger partial charge in [0.05, 0.1) is 11.2 Å². The van der Waals surface area contributed by atoms with Crippen LogP contribution in [0.3, 0.4) is 0 Å². The van der Waals surface area contributed by atoms with Crippen LogP contribution in [0.15, 0.2) is 27.7 Å². The van der Waals surface area contributed by atoms with Gasteiger partial charge in [-0.25, -0.2) is 4.79 Å². The fourth-order valence-corrected chi connectivity index (χ4v) is 3.67. The van der Waals surface area contributed by atoms with Crippen molar-refractivity contribution in [2.24, 2.45) is 0 Å². The number of carboxylic acids is 1. The Morgan fingerprint density at radius 2 is 2.16 bits per heavy atom. The van der Waals surface area contributed by atoms with E-state index in [-0.39, 0.29) is 4.91 Å². The van der Waals surface area contributed by atoms with Crippen LogP contribution in [0.4, 0.5) is 4.79 Å². The number of likely N-dealkylation sites (tertiary alicyclic amines) is 1. The van der Waals surface area contributed by atoms with Gasteiger partial charge in [0, 0.05) is 12.6 Å². The van der Waals surface area contributed by atoms with Crippen molar-refractivity contribution in [3.63, 3.8) is 0 Å². The molecule has 25 heavy (non-hydrogen) atoms. The quantitative estimate of drug-likeness (QED) is 0.811. The van der Waals surface area contributed by atoms with Gasteiger partial charge < -0.3 is 14.4 Å². The first-order chi connectivity index (χ1) is 12.0. The zero-order valence-corrected chi connectivity index (χ0v) is 14.0. The number of carbonyl (C=O) groups is 4. The molecule has 1 unspecified atom stereocenters. The summed E-state index contributed by atoms with van der Waals surface area (Å²) in [5.41, 5.74) is 0. The fraction of sp³-hybridized carbons (Fsp3) is 0.375. The van der Waals surface area contributed by atoms with Crippen molar-refractivity contribution < 1.29 is 28.7 Å². The second kappa shape index (κ2) is 7.14. The third kappa shape index (κ3) is 3.60. The molecule has 0 aliphatic carbocycles. The van der Waals surface area contributed by atoms with Crippen molar-refractivity contribution >= 4 is 40.9 Å². The van der Waals surface area contributed by atoms with Gasteiger partial charge in [0.2, 0.25) is 5.91 Å². The molecular weight excluding hydrogens is 348 g/mol. The predicted octanol–water partition coefficient (Wildman–Crippen LogP) is 1.78. The molecule has 0 spiro atoms. The lowest BCUT2D eigenvalue weighted by Crippen LogP contribution is -2.51. The standard InChI is InChI=1S/C16H16N2O6S/c19-13(17-6-2-1-5-11(17)15(21)22)9-18-14(20)12(25-16(18)23)8-10-4-3-7-24-10/h3-4,7-8,11H,1-2,5-6,9H2,(H,21,22). The maximum atomic E-state index is 12.5. The molecule has 1 N–H and O–H groups in total. The summed E-state index contributed by atoms with van der Waals surface area (Å²) in [5, 5.41) is 8.69. The highest BCUT2D eigenvalue weighted by Crippen LogP contribution is 2.32. The molecule has 0 saturated carbocycles. The molecule has 2 saturated heterocycles. The van der Waals surface area contributed by atoms with Crippen LogP contribution < -0.4 is 0 Å². The maximum absolute atomic E-state index is 12.5. The van der Waals surface area contributed by atoms with Gasteiger partial charge in [-0.05, 0) is 43.2 Å². The SMILES string of the molecule is O=C(O)C1CCCCN1C(=O)CN1C(=O)SC(=Cc2ccco2)C1=O. The Labute approximate surface area is 147 Å². The van der Waals surface area contributed by atoms with Crippen molar-refractivity contribution in [2.75, 3.05) is 13.1 Å². The second-order valence-corrected chi connectivity index (χ2v) is 6.71. The smallest absolute Gasteiger partial charge is 0.326 e. The summed E-state index contributed by atoms with van der Waals surface area (Å²) >= 11 is 0.727. The third-order valence-electron chi connectivity index (χ3n) is 4.09. The van der Waals surface area contributed by atoms with E-state index in [4.69, 9.17) is 4.42 Å². The van der Waals surface area contributed by atoms with Gasteiger partial charge in [-0.3, -0.25) is 19.3 Å². The lowest BCUT2D eigenvalue weighted by molar-refractivity contribution is -0.152. The Hall–Kier alpha value is -2.55. The molecule has 0 bridgehead atoms. The first kappa shape index (κ1) is 17.3. The van der Waals surface area contributed by atoms with Crippen molar-refractivity contribution in [3.05, 3.63) is 29.1 Å². The minimum absolute atomic E-state index is 0.168. The van der Waals surface area contributed by atoms with E-state index >= 15 is 0 Å². The van der Waals surface area contributed by atoms with Crippen LogP contribution in [0.25, 0.3) is 6.08 Å². The van der Waals surface area contributed by atoms with Crippen molar-refractivity contribution in [3.8, 4) is 0 Å². The number of hydrogen-bond donors (Lipinski definition) is 1. The first-order valence-electron chi connectivity index (χ1n) is 7.78. The molecule has 3 amide bonds. The van der Waals surface area contributed by atoms with Gasteiger partial charge in [0.1, 0.15) is 18.3 Å². The molecular formula is C16H16N2O6S. The molecule has 0 aromatic carbocycles. The number of nitrogens with zero attached hydrogens (tertiary/aromatic N) is 2. The van der Waals surface area contributed by atoms with E-state index in [1.165, 1.54) is 17.2 Å². The number of imide groups is 1. The van der Waals surface area contributed by atoms with E-state index in [2.05, 4.69) is 0 Å². The lowest BCUT2D eigenvalue weighted by Gasteiger charge is -2.33. The van der Waals surface area contributed by atoms with Gasteiger partial charge in [0.25, 0.3) is 11.1 Å². The summed E-state index contributed by atoms with van der Waals surface area (Å²) in [5.74, 6) is -1.75. The predicted molar refractivity (Wildman–Crippen MR) is 88.4 cm³/mol. The monoisotopic (exact) mass is 364 g/mol. The lowest BCUT2D eigenvalue weighted by atomic mass is 10.0. The highest BCUT2D eigenvalue weighted by atomic mass is 32.2. The summed E-state index contributed by atoms with van der Waals surface area (Å²) in [6.45, 7) is -0.141. The molecule has 2 aliphatic heterocycles. The molecule has 132 valence electrons. The third-order valence-corrected chi connectivity index (χ3v) is 5.00. The fourth-order valence-electron chi connectivity index (χ4n) is 2.85. The Kier molecular flexibility index (Phi) is 4.93. The zero-order valence-electron chi connectivity index (χ0n) is 13.2. The van der Waals surface area contributed by atoms with Crippen LogP contribution in [0.2, 0.25) is 0 Å². The Morgan fingerprint density at radius 1 is 1.36 bits per heavy atom. The summed E-state index contributed by atoms with van der Waals surface area (Å²) in [6.07, 6.45) is 4.70. The molecule has 8 nitrogen and oxygen atoms in total. The molecule has 3 rings (SSSR count). The maximum Gasteiger partial charge on any atom is 0.326 e. The van der Waals surface area contributed by atoms with Crippen LogP contribution in [0.5, 0.6) is 0 Å². The first-order valence-corrected chi connectivity index (χ1v) is 8.60. The highest BCUT2D eigenvalue weighted by Gasteiger charge is 2.39. The van der Waals surface area contributed by atoms with Crippen LogP contribution in [-0.2, 0) is 14.4 Å². The molecule has 2 aliphatic rings. The molecule has 0 radical (unpaired) electrons. The van der Waals surface area contributed by atoms with E-state index in [9.17, 15) is 24.3 Å². The summed E-state index contributed by atoms with van der Waals surface area (Å²) in [7, 11) is 0. The summed E-state index contributed by atoms with van der Waals surface area (Å²) in [6, 6.07) is 2.40. The van der Waals surface area contributed by atoms with Crippen molar-refractivity contribution in [1.29, 1.82) is 0 Å². The number of furan rings is 1. The van der Waals surface area contributed by atoms with E-state index in [1.54, 1.807) is 12.1 Å². The molecule has 2 fully saturated rings. The van der Waals surface area contributed by atoms with Gasteiger partial charge >= 0.3 is 5.97 Å². The minimum atomic E-state index is -1.07. The van der Waals surface area contributed by atoms with Crippen LogP contribution in [0.1, 0.15) is 25.0 Å². The molecule has 1 aromatic heterocycles. The molecule has 3 heterocycles. The average molecular weight is 364 g/mol. The van der Waals surface area contributed by atoms with Gasteiger partial charge in [-0.15, -0.1) is 0 Å². The molecule has 1 aromatic rings. The van der Waals surface area contributed by atoms with Gasteiger partial charge in [-0.1, -0.05) is 0 Å². The number of amides is 3. The number of carboxylic acid groups (broad SMARTS) is 1. The Bertz CT molecular complexity index is 742. The topological polar surface area (TPSA) is 108 Å². The van der Waals surface area contributed by atoms with Crippen LogP contribution >= 0.6 is 11.8 Å². The number of piperidine rings is 1. The molecule has 1 atom stereocenters. The van der Waals surface area contributed by atoms with Crippen molar-refractivity contribution in [2.45, 2.75) is 25.3 Å². The zero-order chi connectivity index (χ0) is 18.0. The van der Waals surface area contributed by atoms with Crippen LogP contribution in [0, 0.1) is 0 Å². The van der Waals surface area contributed by atoms with Crippen LogP contribution in [-0.4, -0.2) is 57.1 Å². The van der Waals surface area contributed by atoms with E-state index in [1.807, 2.05) is 0 Å². The summed E-state index contributed by atoms with van der Waals surface area (Å²) in [4.78, 5) is 50.4. The number of hydrogen-bond acceptors (Lipinski definition) is 6. The van der Waals surface area contributed by atoms with E-state index in [0.717, 1.165) is 23.1 Å². The minimum Gasteiger partial charge on any atom is -0.480 e. The Balaban J connectivity index is 1.71. The second-order valence-electron chi connectivity index (χ2n) is 5.72. The molecule has 9 heteroatoms. The summed E-state index contributed by atoms with van der Waals surface area (Å²) < 4.78 is 5.12. The van der Waals surface area contributed by atoms with Gasteiger partial charge in [-0.2, -0.15) is 0 Å². The van der Waals surface area contributed by atoms with E-state index < -0.39 is 35.6 Å². The number of aliphatic carboxylic acids is 1. The highest BCUT2D eigenvalue weighted by molar-refractivity contribution is 8.18.